The summed E-state index contributed by atoms with van der Waals surface area (Å²) in [6, 6.07) is 8.15. The highest BCUT2D eigenvalue weighted by atomic mass is 16.5. The second kappa shape index (κ2) is 8.70. The van der Waals surface area contributed by atoms with Gasteiger partial charge in [0.2, 0.25) is 0 Å². The zero-order chi connectivity index (χ0) is 19.4. The van der Waals surface area contributed by atoms with E-state index in [1.807, 2.05) is 31.2 Å². The van der Waals surface area contributed by atoms with Crippen LogP contribution >= 0.6 is 0 Å². The molecule has 1 fully saturated rings. The summed E-state index contributed by atoms with van der Waals surface area (Å²) in [5.74, 6) is 3.30. The molecular weight excluding hydrogens is 340 g/mol. The minimum atomic E-state index is 0.198. The van der Waals surface area contributed by atoms with Crippen LogP contribution in [-0.4, -0.2) is 55.9 Å². The van der Waals surface area contributed by atoms with Crippen LogP contribution in [0.15, 0.2) is 47.9 Å². The number of allylic oxidation sites excluding steroid dienone is 2. The molecule has 1 saturated heterocycles. The molecule has 0 amide bonds. The normalized spacial score (nSPS) is 22.4. The van der Waals surface area contributed by atoms with Gasteiger partial charge in [0, 0.05) is 31.8 Å². The van der Waals surface area contributed by atoms with Crippen LogP contribution in [0.4, 0.5) is 0 Å². The van der Waals surface area contributed by atoms with Crippen molar-refractivity contribution in [1.29, 1.82) is 0 Å². The molecule has 0 N–H and O–H groups in total. The Labute approximate surface area is 163 Å². The Bertz CT molecular complexity index is 699. The molecule has 1 aliphatic carbocycles. The van der Waals surface area contributed by atoms with Crippen molar-refractivity contribution in [2.75, 3.05) is 33.9 Å². The first kappa shape index (κ1) is 19.6. The van der Waals surface area contributed by atoms with Crippen molar-refractivity contribution in [2.24, 2.45) is 5.92 Å². The number of hydrogen-bond donors (Lipinski definition) is 0. The lowest BCUT2D eigenvalue weighted by molar-refractivity contribution is 0.0713. The zero-order valence-corrected chi connectivity index (χ0v) is 17.1. The van der Waals surface area contributed by atoms with E-state index in [1.165, 1.54) is 5.70 Å². The van der Waals surface area contributed by atoms with Gasteiger partial charge in [0.05, 0.1) is 25.5 Å². The van der Waals surface area contributed by atoms with Crippen LogP contribution in [0.25, 0.3) is 0 Å². The summed E-state index contributed by atoms with van der Waals surface area (Å²) in [5, 5.41) is 0. The van der Waals surface area contributed by atoms with Crippen molar-refractivity contribution in [1.82, 2.24) is 9.80 Å². The Morgan fingerprint density at radius 2 is 1.93 bits per heavy atom. The maximum absolute atomic E-state index is 6.16. The third kappa shape index (κ3) is 4.41. The van der Waals surface area contributed by atoms with Crippen molar-refractivity contribution in [3.05, 3.63) is 47.9 Å². The summed E-state index contributed by atoms with van der Waals surface area (Å²) >= 11 is 0. The SMILES string of the molecule is CCOC1=CC=C2C(C1)N(CC(C)C)C(COc1cccc(OC)c1)N2C. The molecule has 2 unspecified atom stereocenters. The van der Waals surface area contributed by atoms with E-state index >= 15 is 0 Å². The molecule has 0 spiro atoms. The first-order valence-electron chi connectivity index (χ1n) is 9.82. The quantitative estimate of drug-likeness (QED) is 0.692. The summed E-state index contributed by atoms with van der Waals surface area (Å²) in [5.41, 5.74) is 1.35. The van der Waals surface area contributed by atoms with E-state index in [1.54, 1.807) is 7.11 Å². The molecule has 3 rings (SSSR count). The van der Waals surface area contributed by atoms with Crippen molar-refractivity contribution < 1.29 is 14.2 Å². The Balaban J connectivity index is 1.75. The molecular formula is C22H32N2O3. The smallest absolute Gasteiger partial charge is 0.123 e. The summed E-state index contributed by atoms with van der Waals surface area (Å²) in [6.07, 6.45) is 5.44. The number of methoxy groups -OCH3 is 1. The van der Waals surface area contributed by atoms with Gasteiger partial charge in [0.25, 0.3) is 0 Å². The van der Waals surface area contributed by atoms with E-state index in [4.69, 9.17) is 14.2 Å². The number of benzene rings is 1. The number of hydrogen-bond acceptors (Lipinski definition) is 5. The Morgan fingerprint density at radius 1 is 1.15 bits per heavy atom. The monoisotopic (exact) mass is 372 g/mol. The van der Waals surface area contributed by atoms with Crippen molar-refractivity contribution in [3.8, 4) is 11.5 Å². The predicted molar refractivity (Wildman–Crippen MR) is 108 cm³/mol. The molecule has 0 bridgehead atoms. The van der Waals surface area contributed by atoms with Crippen LogP contribution in [0.1, 0.15) is 27.2 Å². The summed E-state index contributed by atoms with van der Waals surface area (Å²) in [6.45, 7) is 8.92. The van der Waals surface area contributed by atoms with Crippen molar-refractivity contribution in [3.63, 3.8) is 0 Å². The molecule has 5 heteroatoms. The lowest BCUT2D eigenvalue weighted by Gasteiger charge is -2.32. The highest BCUT2D eigenvalue weighted by molar-refractivity contribution is 5.33. The van der Waals surface area contributed by atoms with E-state index in [2.05, 4.69) is 42.8 Å². The van der Waals surface area contributed by atoms with E-state index in [0.717, 1.165) is 30.2 Å². The van der Waals surface area contributed by atoms with Crippen LogP contribution in [0.3, 0.4) is 0 Å². The topological polar surface area (TPSA) is 34.2 Å². The fraction of sp³-hybridized carbons (Fsp3) is 0.545. The maximum Gasteiger partial charge on any atom is 0.123 e. The second-order valence-electron chi connectivity index (χ2n) is 7.55. The first-order valence-corrected chi connectivity index (χ1v) is 9.82. The molecule has 2 atom stereocenters. The van der Waals surface area contributed by atoms with E-state index in [0.29, 0.717) is 25.2 Å². The molecule has 27 heavy (non-hydrogen) atoms. The van der Waals surface area contributed by atoms with Gasteiger partial charge in [-0.3, -0.25) is 4.90 Å². The van der Waals surface area contributed by atoms with Gasteiger partial charge in [0.15, 0.2) is 0 Å². The maximum atomic E-state index is 6.16. The number of fused-ring (bicyclic) bond motifs is 1. The molecule has 148 valence electrons. The number of likely N-dealkylation sites (N-methyl/N-ethyl adjacent to an activating group) is 1. The molecule has 1 aliphatic heterocycles. The number of ether oxygens (including phenoxy) is 3. The average molecular weight is 373 g/mol. The van der Waals surface area contributed by atoms with Gasteiger partial charge in [-0.15, -0.1) is 0 Å². The number of rotatable bonds is 8. The second-order valence-corrected chi connectivity index (χ2v) is 7.55. The highest BCUT2D eigenvalue weighted by Crippen LogP contribution is 2.36. The van der Waals surface area contributed by atoms with Gasteiger partial charge < -0.3 is 19.1 Å². The zero-order valence-electron chi connectivity index (χ0n) is 17.1. The largest absolute Gasteiger partial charge is 0.498 e. The number of nitrogens with zero attached hydrogens (tertiary/aromatic N) is 2. The molecule has 1 aromatic carbocycles. The molecule has 1 heterocycles. The fourth-order valence-corrected chi connectivity index (χ4v) is 3.93. The van der Waals surface area contributed by atoms with Crippen LogP contribution in [0, 0.1) is 5.92 Å². The minimum Gasteiger partial charge on any atom is -0.498 e. The molecule has 1 aromatic rings. The first-order chi connectivity index (χ1) is 13.0. The molecule has 5 nitrogen and oxygen atoms in total. The Kier molecular flexibility index (Phi) is 6.32. The predicted octanol–water partition coefficient (Wildman–Crippen LogP) is 3.88. The third-order valence-corrected chi connectivity index (χ3v) is 5.16. The summed E-state index contributed by atoms with van der Waals surface area (Å²) in [4.78, 5) is 4.91. The lowest BCUT2D eigenvalue weighted by Crippen LogP contribution is -2.45. The van der Waals surface area contributed by atoms with Gasteiger partial charge in [-0.1, -0.05) is 19.9 Å². The van der Waals surface area contributed by atoms with Crippen LogP contribution in [0.5, 0.6) is 11.5 Å². The molecule has 0 aromatic heterocycles. The molecule has 0 radical (unpaired) electrons. The van der Waals surface area contributed by atoms with E-state index < -0.39 is 0 Å². The summed E-state index contributed by atoms with van der Waals surface area (Å²) < 4.78 is 17.3. The van der Waals surface area contributed by atoms with Gasteiger partial charge in [0.1, 0.15) is 24.3 Å². The molecule has 0 saturated carbocycles. The van der Waals surface area contributed by atoms with Crippen molar-refractivity contribution >= 4 is 0 Å². The van der Waals surface area contributed by atoms with Gasteiger partial charge in [-0.05, 0) is 37.1 Å². The minimum absolute atomic E-state index is 0.198. The Hall–Kier alpha value is -2.14. The van der Waals surface area contributed by atoms with Gasteiger partial charge >= 0.3 is 0 Å². The standard InChI is InChI=1S/C22H32N2O3/c1-6-26-19-10-11-20-21(13-19)24(14-16(2)3)22(23(20)4)15-27-18-9-7-8-17(12-18)25-5/h7-12,16,21-22H,6,13-15H2,1-5H3. The van der Waals surface area contributed by atoms with E-state index in [-0.39, 0.29) is 6.17 Å². The van der Waals surface area contributed by atoms with Gasteiger partial charge in [-0.25, -0.2) is 0 Å². The average Bonchev–Trinajstić information content (AvgIpc) is 2.91. The Morgan fingerprint density at radius 3 is 2.63 bits per heavy atom. The lowest BCUT2D eigenvalue weighted by atomic mass is 10.0. The highest BCUT2D eigenvalue weighted by Gasteiger charge is 2.42. The van der Waals surface area contributed by atoms with Crippen LogP contribution in [0.2, 0.25) is 0 Å². The molecule has 2 aliphatic rings. The third-order valence-electron chi connectivity index (χ3n) is 5.16. The van der Waals surface area contributed by atoms with Crippen molar-refractivity contribution in [2.45, 2.75) is 39.4 Å². The van der Waals surface area contributed by atoms with Crippen LogP contribution in [-0.2, 0) is 4.74 Å². The van der Waals surface area contributed by atoms with Gasteiger partial charge in [-0.2, -0.15) is 0 Å². The fourth-order valence-electron chi connectivity index (χ4n) is 3.93. The van der Waals surface area contributed by atoms with E-state index in [9.17, 15) is 0 Å². The van der Waals surface area contributed by atoms with Crippen LogP contribution < -0.4 is 9.47 Å². The summed E-state index contributed by atoms with van der Waals surface area (Å²) in [7, 11) is 3.84.